The molecule has 0 radical (unpaired) electrons. The molecule has 1 aromatic heterocycles. The van der Waals surface area contributed by atoms with Crippen molar-refractivity contribution in [3.8, 4) is 17.1 Å². The predicted molar refractivity (Wildman–Crippen MR) is 82.7 cm³/mol. The van der Waals surface area contributed by atoms with Crippen molar-refractivity contribution in [2.75, 3.05) is 6.61 Å². The third-order valence-corrected chi connectivity index (χ3v) is 3.66. The van der Waals surface area contributed by atoms with Gasteiger partial charge in [-0.15, -0.1) is 0 Å². The molecule has 0 fully saturated rings. The Labute approximate surface area is 126 Å². The number of aromatic nitrogens is 2. The average Bonchev–Trinajstić information content (AvgIpc) is 2.83. The monoisotopic (exact) mass is 306 g/mol. The number of nitrogens with one attached hydrogen (secondary N) is 1. The summed E-state index contributed by atoms with van der Waals surface area (Å²) in [7, 11) is 0. The van der Waals surface area contributed by atoms with Crippen LogP contribution in [-0.2, 0) is 0 Å². The van der Waals surface area contributed by atoms with Crippen molar-refractivity contribution in [2.24, 2.45) is 0 Å². The Morgan fingerprint density at radius 3 is 2.75 bits per heavy atom. The van der Waals surface area contributed by atoms with Crippen LogP contribution < -0.4 is 4.74 Å². The molecule has 2 aromatic carbocycles. The van der Waals surface area contributed by atoms with Crippen molar-refractivity contribution >= 4 is 34.2 Å². The van der Waals surface area contributed by atoms with Crippen LogP contribution in [0.2, 0.25) is 10.0 Å². The molecule has 0 bridgehead atoms. The number of hydrogen-bond acceptors (Lipinski definition) is 2. The Hall–Kier alpha value is -1.71. The van der Waals surface area contributed by atoms with Crippen molar-refractivity contribution in [1.82, 2.24) is 9.97 Å². The summed E-state index contributed by atoms with van der Waals surface area (Å²) in [6.07, 6.45) is 0. The first-order valence-corrected chi connectivity index (χ1v) is 7.01. The molecule has 0 aliphatic rings. The van der Waals surface area contributed by atoms with Crippen LogP contribution >= 0.6 is 23.2 Å². The summed E-state index contributed by atoms with van der Waals surface area (Å²) in [5.41, 5.74) is 2.60. The number of rotatable bonds is 3. The van der Waals surface area contributed by atoms with E-state index in [1.54, 1.807) is 12.1 Å². The van der Waals surface area contributed by atoms with E-state index < -0.39 is 0 Å². The predicted octanol–water partition coefficient (Wildman–Crippen LogP) is 4.94. The molecule has 0 aliphatic carbocycles. The van der Waals surface area contributed by atoms with Crippen LogP contribution in [0, 0.1) is 0 Å². The van der Waals surface area contributed by atoms with E-state index in [9.17, 15) is 0 Å². The molecule has 0 amide bonds. The van der Waals surface area contributed by atoms with Crippen molar-refractivity contribution in [1.29, 1.82) is 0 Å². The summed E-state index contributed by atoms with van der Waals surface area (Å²) >= 11 is 12.0. The fourth-order valence-electron chi connectivity index (χ4n) is 2.04. The highest BCUT2D eigenvalue weighted by molar-refractivity contribution is 6.42. The summed E-state index contributed by atoms with van der Waals surface area (Å²) in [6, 6.07) is 11.3. The number of hydrogen-bond donors (Lipinski definition) is 1. The SMILES string of the molecule is CCOc1cccc(-c2nc3cc(Cl)c(Cl)cc3[nH]2)c1. The number of nitrogens with zero attached hydrogens (tertiary/aromatic N) is 1. The van der Waals surface area contributed by atoms with Gasteiger partial charge in [-0.3, -0.25) is 0 Å². The summed E-state index contributed by atoms with van der Waals surface area (Å²) in [5, 5.41) is 1.01. The van der Waals surface area contributed by atoms with Crippen molar-refractivity contribution in [3.63, 3.8) is 0 Å². The highest BCUT2D eigenvalue weighted by Gasteiger charge is 2.09. The molecule has 20 heavy (non-hydrogen) atoms. The molecule has 3 rings (SSSR count). The first-order valence-electron chi connectivity index (χ1n) is 6.25. The second-order valence-corrected chi connectivity index (χ2v) is 5.14. The molecular formula is C15H12Cl2N2O. The van der Waals surface area contributed by atoms with E-state index in [1.807, 2.05) is 31.2 Å². The molecule has 0 aliphatic heterocycles. The second-order valence-electron chi connectivity index (χ2n) is 4.33. The van der Waals surface area contributed by atoms with Gasteiger partial charge >= 0.3 is 0 Å². The molecule has 102 valence electrons. The number of imidazole rings is 1. The summed E-state index contributed by atoms with van der Waals surface area (Å²) < 4.78 is 5.50. The normalized spacial score (nSPS) is 10.9. The molecule has 5 heteroatoms. The van der Waals surface area contributed by atoms with Crippen LogP contribution in [0.25, 0.3) is 22.4 Å². The molecule has 0 saturated carbocycles. The average molecular weight is 307 g/mol. The molecule has 1 N–H and O–H groups in total. The van der Waals surface area contributed by atoms with Crippen LogP contribution in [-0.4, -0.2) is 16.6 Å². The van der Waals surface area contributed by atoms with E-state index >= 15 is 0 Å². The zero-order valence-corrected chi connectivity index (χ0v) is 12.3. The Morgan fingerprint density at radius 2 is 1.95 bits per heavy atom. The van der Waals surface area contributed by atoms with Gasteiger partial charge in [0.15, 0.2) is 0 Å². The number of ether oxygens (including phenoxy) is 1. The van der Waals surface area contributed by atoms with Gasteiger partial charge in [0, 0.05) is 5.56 Å². The van der Waals surface area contributed by atoms with Crippen molar-refractivity contribution < 1.29 is 4.74 Å². The van der Waals surface area contributed by atoms with Gasteiger partial charge in [0.25, 0.3) is 0 Å². The van der Waals surface area contributed by atoms with Gasteiger partial charge in [-0.1, -0.05) is 35.3 Å². The van der Waals surface area contributed by atoms with E-state index in [0.717, 1.165) is 28.2 Å². The lowest BCUT2D eigenvalue weighted by Gasteiger charge is -2.03. The largest absolute Gasteiger partial charge is 0.494 e. The zero-order chi connectivity index (χ0) is 14.1. The fraction of sp³-hybridized carbons (Fsp3) is 0.133. The van der Waals surface area contributed by atoms with Crippen molar-refractivity contribution in [3.05, 3.63) is 46.4 Å². The van der Waals surface area contributed by atoms with E-state index in [1.165, 1.54) is 0 Å². The molecule has 0 unspecified atom stereocenters. The smallest absolute Gasteiger partial charge is 0.138 e. The van der Waals surface area contributed by atoms with E-state index in [-0.39, 0.29) is 0 Å². The standard InChI is InChI=1S/C15H12Cl2N2O/c1-2-20-10-5-3-4-9(6-10)15-18-13-7-11(16)12(17)8-14(13)19-15/h3-8H,2H2,1H3,(H,18,19). The van der Waals surface area contributed by atoms with Gasteiger partial charge in [-0.05, 0) is 31.2 Å². The lowest BCUT2D eigenvalue weighted by Crippen LogP contribution is -1.91. The Morgan fingerprint density at radius 1 is 1.15 bits per heavy atom. The topological polar surface area (TPSA) is 37.9 Å². The summed E-state index contributed by atoms with van der Waals surface area (Å²) in [6.45, 7) is 2.59. The minimum Gasteiger partial charge on any atom is -0.494 e. The van der Waals surface area contributed by atoms with Crippen LogP contribution in [0.3, 0.4) is 0 Å². The summed E-state index contributed by atoms with van der Waals surface area (Å²) in [5.74, 6) is 1.58. The number of benzene rings is 2. The maximum absolute atomic E-state index is 6.01. The number of halogens is 2. The Balaban J connectivity index is 2.07. The van der Waals surface area contributed by atoms with Crippen LogP contribution in [0.4, 0.5) is 0 Å². The lowest BCUT2D eigenvalue weighted by molar-refractivity contribution is 0.340. The number of aromatic amines is 1. The van der Waals surface area contributed by atoms with Crippen LogP contribution in [0.1, 0.15) is 6.92 Å². The van der Waals surface area contributed by atoms with Crippen molar-refractivity contribution in [2.45, 2.75) is 6.92 Å². The zero-order valence-electron chi connectivity index (χ0n) is 10.8. The molecule has 0 spiro atoms. The third kappa shape index (κ3) is 2.47. The maximum Gasteiger partial charge on any atom is 0.138 e. The van der Waals surface area contributed by atoms with Gasteiger partial charge in [-0.2, -0.15) is 0 Å². The van der Waals surface area contributed by atoms with E-state index in [0.29, 0.717) is 16.7 Å². The lowest BCUT2D eigenvalue weighted by atomic mass is 10.2. The molecule has 0 saturated heterocycles. The molecule has 3 nitrogen and oxygen atoms in total. The highest BCUT2D eigenvalue weighted by atomic mass is 35.5. The molecular weight excluding hydrogens is 295 g/mol. The molecule has 1 heterocycles. The van der Waals surface area contributed by atoms with Gasteiger partial charge in [-0.25, -0.2) is 4.98 Å². The molecule has 0 atom stereocenters. The second kappa shape index (κ2) is 5.35. The Bertz CT molecular complexity index is 729. The highest BCUT2D eigenvalue weighted by Crippen LogP contribution is 2.29. The number of H-pyrrole nitrogens is 1. The first kappa shape index (κ1) is 13.3. The Kier molecular flexibility index (Phi) is 3.55. The van der Waals surface area contributed by atoms with Gasteiger partial charge in [0.05, 0.1) is 27.7 Å². The van der Waals surface area contributed by atoms with E-state index in [2.05, 4.69) is 9.97 Å². The minimum absolute atomic E-state index is 0.500. The molecule has 3 aromatic rings. The first-order chi connectivity index (χ1) is 9.67. The maximum atomic E-state index is 6.01. The third-order valence-electron chi connectivity index (χ3n) is 2.94. The van der Waals surface area contributed by atoms with Crippen LogP contribution in [0.15, 0.2) is 36.4 Å². The van der Waals surface area contributed by atoms with Gasteiger partial charge in [0.1, 0.15) is 11.6 Å². The van der Waals surface area contributed by atoms with Crippen LogP contribution in [0.5, 0.6) is 5.75 Å². The van der Waals surface area contributed by atoms with Gasteiger partial charge < -0.3 is 9.72 Å². The number of fused-ring (bicyclic) bond motifs is 1. The quantitative estimate of drug-likeness (QED) is 0.744. The van der Waals surface area contributed by atoms with E-state index in [4.69, 9.17) is 27.9 Å². The fourth-order valence-corrected chi connectivity index (χ4v) is 2.36. The van der Waals surface area contributed by atoms with Gasteiger partial charge in [0.2, 0.25) is 0 Å². The summed E-state index contributed by atoms with van der Waals surface area (Å²) in [4.78, 5) is 7.77. The minimum atomic E-state index is 0.500.